The molecular weight excluding hydrogens is 253 g/mol. The molecule has 4 heteroatoms. The Bertz CT molecular complexity index is 620. The van der Waals surface area contributed by atoms with Gasteiger partial charge in [0.1, 0.15) is 11.6 Å². The molecule has 0 aliphatic heterocycles. The highest BCUT2D eigenvalue weighted by atomic mass is 19.1. The summed E-state index contributed by atoms with van der Waals surface area (Å²) in [7, 11) is 0. The molecule has 3 rings (SSSR count). The molecule has 0 radical (unpaired) electrons. The Labute approximate surface area is 119 Å². The molecule has 1 heterocycles. The maximum Gasteiger partial charge on any atom is 0.125 e. The summed E-state index contributed by atoms with van der Waals surface area (Å²) < 4.78 is 15.6. The first-order chi connectivity index (χ1) is 9.44. The number of hydrogen-bond donors (Lipinski definition) is 1. The molecule has 0 bridgehead atoms. The molecule has 1 N–H and O–H groups in total. The van der Waals surface area contributed by atoms with Crippen molar-refractivity contribution in [3.8, 4) is 0 Å². The van der Waals surface area contributed by atoms with Crippen LogP contribution in [0.4, 0.5) is 4.39 Å². The zero-order valence-electron chi connectivity index (χ0n) is 12.4. The van der Waals surface area contributed by atoms with Crippen molar-refractivity contribution in [2.24, 2.45) is 0 Å². The van der Waals surface area contributed by atoms with Crippen LogP contribution in [-0.4, -0.2) is 21.6 Å². The lowest BCUT2D eigenvalue weighted by atomic mass is 10.1. The van der Waals surface area contributed by atoms with Crippen LogP contribution >= 0.6 is 0 Å². The van der Waals surface area contributed by atoms with Gasteiger partial charge in [0.2, 0.25) is 0 Å². The largest absolute Gasteiger partial charge is 0.325 e. The van der Waals surface area contributed by atoms with Crippen molar-refractivity contribution >= 4 is 11.0 Å². The van der Waals surface area contributed by atoms with Gasteiger partial charge in [-0.25, -0.2) is 9.37 Å². The molecule has 2 aromatic rings. The summed E-state index contributed by atoms with van der Waals surface area (Å²) in [6, 6.07) is 5.49. The third-order valence-corrected chi connectivity index (χ3v) is 3.64. The van der Waals surface area contributed by atoms with Gasteiger partial charge in [-0.2, -0.15) is 0 Å². The molecule has 1 aromatic carbocycles. The molecule has 1 aliphatic rings. The van der Waals surface area contributed by atoms with Crippen LogP contribution in [0.25, 0.3) is 11.0 Å². The summed E-state index contributed by atoms with van der Waals surface area (Å²) in [5.41, 5.74) is 1.96. The number of nitrogens with one attached hydrogen (secondary N) is 1. The van der Waals surface area contributed by atoms with Gasteiger partial charge >= 0.3 is 0 Å². The molecule has 108 valence electrons. The zero-order chi connectivity index (χ0) is 14.3. The topological polar surface area (TPSA) is 29.9 Å². The second-order valence-electron chi connectivity index (χ2n) is 6.69. The van der Waals surface area contributed by atoms with Crippen LogP contribution in [0.5, 0.6) is 0 Å². The minimum Gasteiger partial charge on any atom is -0.325 e. The molecule has 1 aliphatic carbocycles. The Morgan fingerprint density at radius 2 is 2.10 bits per heavy atom. The number of imidazole rings is 1. The van der Waals surface area contributed by atoms with E-state index < -0.39 is 0 Å². The maximum absolute atomic E-state index is 13.3. The first kappa shape index (κ1) is 13.6. The lowest BCUT2D eigenvalue weighted by Gasteiger charge is -2.20. The molecule has 3 nitrogen and oxygen atoms in total. The first-order valence-electron chi connectivity index (χ1n) is 7.35. The fourth-order valence-corrected chi connectivity index (χ4v) is 2.59. The Morgan fingerprint density at radius 3 is 2.75 bits per heavy atom. The third kappa shape index (κ3) is 2.85. The van der Waals surface area contributed by atoms with Gasteiger partial charge < -0.3 is 9.88 Å². The van der Waals surface area contributed by atoms with E-state index in [0.29, 0.717) is 6.04 Å². The average Bonchev–Trinajstić information content (AvgIpc) is 3.10. The molecule has 0 unspecified atom stereocenters. The number of halogens is 1. The molecule has 1 aromatic heterocycles. The number of benzene rings is 1. The number of hydrogen-bond acceptors (Lipinski definition) is 2. The van der Waals surface area contributed by atoms with Gasteiger partial charge in [0.25, 0.3) is 0 Å². The summed E-state index contributed by atoms with van der Waals surface area (Å²) in [6.45, 7) is 7.37. The standard InChI is InChI=1S/C16H22FN3/c1-16(2,3)18-9-8-15-19-13-10-11(17)4-7-14(13)20(15)12-5-6-12/h4,7,10,12,18H,5-6,8-9H2,1-3H3. The Balaban J connectivity index is 1.87. The van der Waals surface area contributed by atoms with Gasteiger partial charge in [-0.3, -0.25) is 0 Å². The third-order valence-electron chi connectivity index (χ3n) is 3.64. The van der Waals surface area contributed by atoms with Crippen molar-refractivity contribution in [3.63, 3.8) is 0 Å². The average molecular weight is 275 g/mol. The molecule has 0 amide bonds. The van der Waals surface area contributed by atoms with Crippen LogP contribution in [0, 0.1) is 5.82 Å². The van der Waals surface area contributed by atoms with Gasteiger partial charge in [0, 0.05) is 30.6 Å². The highest BCUT2D eigenvalue weighted by Crippen LogP contribution is 2.38. The van der Waals surface area contributed by atoms with Crippen molar-refractivity contribution in [1.82, 2.24) is 14.9 Å². The maximum atomic E-state index is 13.3. The second-order valence-corrected chi connectivity index (χ2v) is 6.69. The quantitative estimate of drug-likeness (QED) is 0.926. The number of fused-ring (bicyclic) bond motifs is 1. The Hall–Kier alpha value is -1.42. The summed E-state index contributed by atoms with van der Waals surface area (Å²) in [6.07, 6.45) is 3.30. The van der Waals surface area contributed by atoms with Crippen molar-refractivity contribution in [3.05, 3.63) is 29.8 Å². The predicted octanol–water partition coefficient (Wildman–Crippen LogP) is 3.44. The molecule has 20 heavy (non-hydrogen) atoms. The summed E-state index contributed by atoms with van der Waals surface area (Å²) in [4.78, 5) is 4.64. The van der Waals surface area contributed by atoms with Gasteiger partial charge in [-0.15, -0.1) is 0 Å². The minimum absolute atomic E-state index is 0.114. The van der Waals surface area contributed by atoms with E-state index in [1.165, 1.54) is 25.0 Å². The van der Waals surface area contributed by atoms with Crippen LogP contribution in [0.15, 0.2) is 18.2 Å². The van der Waals surface area contributed by atoms with E-state index in [9.17, 15) is 4.39 Å². The van der Waals surface area contributed by atoms with E-state index in [1.54, 1.807) is 0 Å². The van der Waals surface area contributed by atoms with E-state index in [4.69, 9.17) is 0 Å². The van der Waals surface area contributed by atoms with Gasteiger partial charge in [-0.1, -0.05) is 0 Å². The monoisotopic (exact) mass is 275 g/mol. The fraction of sp³-hybridized carbons (Fsp3) is 0.562. The normalized spacial score (nSPS) is 16.0. The summed E-state index contributed by atoms with van der Waals surface area (Å²) in [5, 5.41) is 3.49. The SMILES string of the molecule is CC(C)(C)NCCc1nc2cc(F)ccc2n1C1CC1. The van der Waals surface area contributed by atoms with Crippen LogP contribution in [0.1, 0.15) is 45.5 Å². The fourth-order valence-electron chi connectivity index (χ4n) is 2.59. The molecular formula is C16H22FN3. The van der Waals surface area contributed by atoms with E-state index >= 15 is 0 Å². The van der Waals surface area contributed by atoms with Gasteiger partial charge in [-0.05, 0) is 45.7 Å². The Kier molecular flexibility index (Phi) is 3.28. The van der Waals surface area contributed by atoms with Crippen molar-refractivity contribution < 1.29 is 4.39 Å². The van der Waals surface area contributed by atoms with Crippen LogP contribution in [0.3, 0.4) is 0 Å². The van der Waals surface area contributed by atoms with E-state index in [-0.39, 0.29) is 11.4 Å². The highest BCUT2D eigenvalue weighted by Gasteiger charge is 2.28. The molecule has 0 spiro atoms. The summed E-state index contributed by atoms with van der Waals surface area (Å²) in [5.74, 6) is 0.863. The number of nitrogens with zero attached hydrogens (tertiary/aromatic N) is 2. The van der Waals surface area contributed by atoms with Crippen LogP contribution in [-0.2, 0) is 6.42 Å². The molecule has 0 saturated heterocycles. The van der Waals surface area contributed by atoms with E-state index in [0.717, 1.165) is 29.8 Å². The van der Waals surface area contributed by atoms with Crippen LogP contribution < -0.4 is 5.32 Å². The lowest BCUT2D eigenvalue weighted by molar-refractivity contribution is 0.425. The smallest absolute Gasteiger partial charge is 0.125 e. The van der Waals surface area contributed by atoms with Crippen molar-refractivity contribution in [1.29, 1.82) is 0 Å². The van der Waals surface area contributed by atoms with Gasteiger partial charge in [0.05, 0.1) is 11.0 Å². The summed E-state index contributed by atoms with van der Waals surface area (Å²) >= 11 is 0. The highest BCUT2D eigenvalue weighted by molar-refractivity contribution is 5.76. The number of rotatable bonds is 4. The van der Waals surface area contributed by atoms with Crippen LogP contribution in [0.2, 0.25) is 0 Å². The molecule has 0 atom stereocenters. The molecule has 1 saturated carbocycles. The van der Waals surface area contributed by atoms with Crippen molar-refractivity contribution in [2.45, 2.75) is 51.6 Å². The Morgan fingerprint density at radius 1 is 1.35 bits per heavy atom. The molecule has 1 fully saturated rings. The zero-order valence-corrected chi connectivity index (χ0v) is 12.4. The number of aromatic nitrogens is 2. The predicted molar refractivity (Wildman–Crippen MR) is 79.4 cm³/mol. The minimum atomic E-state index is -0.211. The second kappa shape index (κ2) is 4.85. The lowest BCUT2D eigenvalue weighted by Crippen LogP contribution is -2.37. The first-order valence-corrected chi connectivity index (χ1v) is 7.35. The van der Waals surface area contributed by atoms with Crippen molar-refractivity contribution in [2.75, 3.05) is 6.54 Å². The van der Waals surface area contributed by atoms with E-state index in [1.807, 2.05) is 6.07 Å². The van der Waals surface area contributed by atoms with Gasteiger partial charge in [0.15, 0.2) is 0 Å². The van der Waals surface area contributed by atoms with E-state index in [2.05, 4.69) is 35.6 Å².